The van der Waals surface area contributed by atoms with E-state index in [0.29, 0.717) is 17.1 Å². The van der Waals surface area contributed by atoms with E-state index in [4.69, 9.17) is 14.6 Å². The van der Waals surface area contributed by atoms with Gasteiger partial charge in [0.25, 0.3) is 0 Å². The van der Waals surface area contributed by atoms with Crippen molar-refractivity contribution in [1.29, 1.82) is 0 Å². The maximum atomic E-state index is 11.4. The molecule has 0 aliphatic carbocycles. The number of carboxylic acid groups (broad SMARTS) is 1. The fourth-order valence-electron chi connectivity index (χ4n) is 2.28. The second-order valence-electron chi connectivity index (χ2n) is 5.00. The Morgan fingerprint density at radius 2 is 1.79 bits per heavy atom. The van der Waals surface area contributed by atoms with Crippen LogP contribution < -0.4 is 9.47 Å². The lowest BCUT2D eigenvalue weighted by atomic mass is 10.00. The average molecular weight is 328 g/mol. The summed E-state index contributed by atoms with van der Waals surface area (Å²) in [6, 6.07) is 14.3. The molecular weight excluding hydrogens is 308 g/mol. The van der Waals surface area contributed by atoms with Gasteiger partial charge in [0.1, 0.15) is 24.7 Å². The Kier molecular flexibility index (Phi) is 6.40. The van der Waals surface area contributed by atoms with Crippen LogP contribution in [0.4, 0.5) is 0 Å². The largest absolute Gasteiger partial charge is 0.491 e. The number of hydrogen-bond donors (Lipinski definition) is 2. The molecule has 0 aromatic heterocycles. The Morgan fingerprint density at radius 3 is 2.46 bits per heavy atom. The van der Waals surface area contributed by atoms with Crippen LogP contribution in [0.3, 0.4) is 0 Å². The molecule has 0 radical (unpaired) electrons. The van der Waals surface area contributed by atoms with Gasteiger partial charge in [-0.25, -0.2) is 4.79 Å². The van der Waals surface area contributed by atoms with E-state index in [1.165, 1.54) is 0 Å². The molecule has 0 aliphatic rings. The first-order valence-corrected chi connectivity index (χ1v) is 7.60. The monoisotopic (exact) mass is 328 g/mol. The van der Waals surface area contributed by atoms with Crippen molar-refractivity contribution in [2.75, 3.05) is 13.2 Å². The second-order valence-corrected chi connectivity index (χ2v) is 5.00. The number of ether oxygens (including phenoxy) is 2. The predicted molar refractivity (Wildman–Crippen MR) is 91.1 cm³/mol. The van der Waals surface area contributed by atoms with Gasteiger partial charge in [-0.2, -0.15) is 0 Å². The summed E-state index contributed by atoms with van der Waals surface area (Å²) in [5.74, 6) is 0.247. The molecule has 5 nitrogen and oxygen atoms in total. The smallest absolute Gasteiger partial charge is 0.335 e. The van der Waals surface area contributed by atoms with Crippen LogP contribution >= 0.6 is 0 Å². The van der Waals surface area contributed by atoms with Crippen LogP contribution in [-0.4, -0.2) is 29.4 Å². The molecule has 0 amide bonds. The normalized spacial score (nSPS) is 11.2. The SMILES string of the molecule is CC=C(C(=O)O)c1ccccc1COc1cccc(OCCO)c1. The summed E-state index contributed by atoms with van der Waals surface area (Å²) < 4.78 is 11.1. The molecule has 0 saturated carbocycles. The summed E-state index contributed by atoms with van der Waals surface area (Å²) in [5, 5.41) is 18.1. The lowest BCUT2D eigenvalue weighted by Gasteiger charge is -2.12. The highest BCUT2D eigenvalue weighted by Gasteiger charge is 2.13. The average Bonchev–Trinajstić information content (AvgIpc) is 2.60. The van der Waals surface area contributed by atoms with Crippen molar-refractivity contribution < 1.29 is 24.5 Å². The van der Waals surface area contributed by atoms with Crippen molar-refractivity contribution in [3.05, 3.63) is 65.7 Å². The summed E-state index contributed by atoms with van der Waals surface area (Å²) in [6.07, 6.45) is 1.57. The van der Waals surface area contributed by atoms with Crippen molar-refractivity contribution in [3.8, 4) is 11.5 Å². The van der Waals surface area contributed by atoms with E-state index in [-0.39, 0.29) is 25.4 Å². The quantitative estimate of drug-likeness (QED) is 0.728. The summed E-state index contributed by atoms with van der Waals surface area (Å²) >= 11 is 0. The van der Waals surface area contributed by atoms with Gasteiger partial charge in [-0.3, -0.25) is 0 Å². The third kappa shape index (κ3) is 4.60. The second kappa shape index (κ2) is 8.74. The molecule has 0 heterocycles. The minimum Gasteiger partial charge on any atom is -0.491 e. The van der Waals surface area contributed by atoms with Gasteiger partial charge in [-0.05, 0) is 30.2 Å². The number of carbonyl (C=O) groups is 1. The molecule has 0 spiro atoms. The molecule has 2 rings (SSSR count). The third-order valence-corrected chi connectivity index (χ3v) is 3.39. The van der Waals surface area contributed by atoms with Gasteiger partial charge in [-0.1, -0.05) is 36.4 Å². The molecule has 2 aromatic rings. The van der Waals surface area contributed by atoms with Crippen molar-refractivity contribution in [2.45, 2.75) is 13.5 Å². The van der Waals surface area contributed by atoms with Crippen molar-refractivity contribution in [1.82, 2.24) is 0 Å². The van der Waals surface area contributed by atoms with Crippen molar-refractivity contribution in [2.24, 2.45) is 0 Å². The van der Waals surface area contributed by atoms with E-state index >= 15 is 0 Å². The van der Waals surface area contributed by atoms with E-state index in [9.17, 15) is 9.90 Å². The summed E-state index contributed by atoms with van der Waals surface area (Å²) in [7, 11) is 0. The van der Waals surface area contributed by atoms with Crippen LogP contribution in [0.25, 0.3) is 5.57 Å². The first kappa shape index (κ1) is 17.6. The van der Waals surface area contributed by atoms with Crippen LogP contribution in [0.2, 0.25) is 0 Å². The highest BCUT2D eigenvalue weighted by Crippen LogP contribution is 2.24. The summed E-state index contributed by atoms with van der Waals surface area (Å²) in [4.78, 5) is 11.4. The van der Waals surface area contributed by atoms with E-state index in [1.54, 1.807) is 49.4 Å². The van der Waals surface area contributed by atoms with E-state index in [2.05, 4.69) is 0 Å². The van der Waals surface area contributed by atoms with E-state index in [1.807, 2.05) is 12.1 Å². The Balaban J connectivity index is 2.14. The first-order chi connectivity index (χ1) is 11.7. The highest BCUT2D eigenvalue weighted by molar-refractivity contribution is 6.15. The molecule has 0 saturated heterocycles. The number of aliphatic hydroxyl groups is 1. The van der Waals surface area contributed by atoms with Crippen molar-refractivity contribution in [3.63, 3.8) is 0 Å². The Labute approximate surface area is 140 Å². The van der Waals surface area contributed by atoms with Gasteiger partial charge >= 0.3 is 5.97 Å². The molecule has 5 heteroatoms. The third-order valence-electron chi connectivity index (χ3n) is 3.39. The lowest BCUT2D eigenvalue weighted by Crippen LogP contribution is -2.05. The molecule has 2 N–H and O–H groups in total. The lowest BCUT2D eigenvalue weighted by molar-refractivity contribution is -0.130. The molecule has 126 valence electrons. The van der Waals surface area contributed by atoms with Gasteiger partial charge < -0.3 is 19.7 Å². The molecule has 2 aromatic carbocycles. The molecule has 0 atom stereocenters. The van der Waals surface area contributed by atoms with Gasteiger partial charge in [0.05, 0.1) is 12.2 Å². The van der Waals surface area contributed by atoms with Gasteiger partial charge in [0.2, 0.25) is 0 Å². The number of allylic oxidation sites excluding steroid dienone is 1. The fraction of sp³-hybridized carbons (Fsp3) is 0.211. The minimum atomic E-state index is -0.968. The van der Waals surface area contributed by atoms with Crippen LogP contribution in [0.15, 0.2) is 54.6 Å². The Morgan fingerprint density at radius 1 is 1.08 bits per heavy atom. The molecule has 0 bridgehead atoms. The van der Waals surface area contributed by atoms with E-state index < -0.39 is 5.97 Å². The zero-order chi connectivity index (χ0) is 17.4. The Hall–Kier alpha value is -2.79. The number of aliphatic carboxylic acids is 1. The number of hydrogen-bond acceptors (Lipinski definition) is 4. The standard InChI is InChI=1S/C19H20O5/c1-2-17(19(21)22)18-9-4-3-6-14(18)13-24-16-8-5-7-15(12-16)23-11-10-20/h2-9,12,20H,10-11,13H2,1H3,(H,21,22). The highest BCUT2D eigenvalue weighted by atomic mass is 16.5. The maximum absolute atomic E-state index is 11.4. The molecule has 0 fully saturated rings. The first-order valence-electron chi connectivity index (χ1n) is 7.60. The number of carboxylic acids is 1. The zero-order valence-electron chi connectivity index (χ0n) is 13.4. The molecule has 24 heavy (non-hydrogen) atoms. The number of benzene rings is 2. The maximum Gasteiger partial charge on any atom is 0.335 e. The van der Waals surface area contributed by atoms with E-state index in [0.717, 1.165) is 5.56 Å². The van der Waals surface area contributed by atoms with Crippen molar-refractivity contribution >= 4 is 11.5 Å². The van der Waals surface area contributed by atoms with Crippen LogP contribution in [0.1, 0.15) is 18.1 Å². The van der Waals surface area contributed by atoms with Crippen LogP contribution in [0, 0.1) is 0 Å². The number of rotatable bonds is 8. The van der Waals surface area contributed by atoms with Crippen LogP contribution in [0.5, 0.6) is 11.5 Å². The minimum absolute atomic E-state index is 0.0558. The fourth-order valence-corrected chi connectivity index (χ4v) is 2.28. The molecular formula is C19H20O5. The van der Waals surface area contributed by atoms with Gasteiger partial charge in [-0.15, -0.1) is 0 Å². The van der Waals surface area contributed by atoms with Crippen LogP contribution in [-0.2, 0) is 11.4 Å². The number of aliphatic hydroxyl groups excluding tert-OH is 1. The topological polar surface area (TPSA) is 76.0 Å². The summed E-state index contributed by atoms with van der Waals surface area (Å²) in [6.45, 7) is 2.10. The summed E-state index contributed by atoms with van der Waals surface area (Å²) in [5.41, 5.74) is 1.67. The van der Waals surface area contributed by atoms with Gasteiger partial charge in [0, 0.05) is 6.07 Å². The Bertz CT molecular complexity index is 721. The molecule has 0 aliphatic heterocycles. The predicted octanol–water partition coefficient (Wildman–Crippen LogP) is 3.12. The van der Waals surface area contributed by atoms with Gasteiger partial charge in [0.15, 0.2) is 0 Å². The zero-order valence-corrected chi connectivity index (χ0v) is 13.4. The molecule has 0 unspecified atom stereocenters.